The zero-order valence-corrected chi connectivity index (χ0v) is 15.2. The van der Waals surface area contributed by atoms with E-state index in [1.807, 2.05) is 0 Å². The molecule has 0 unspecified atom stereocenters. The molecule has 112 valence electrons. The number of hydrogen-bond acceptors (Lipinski definition) is 0. The molecule has 0 atom stereocenters. The minimum Gasteiger partial charge on any atom is -1.00 e. The van der Waals surface area contributed by atoms with Crippen LogP contribution in [0.2, 0.25) is 0 Å². The van der Waals surface area contributed by atoms with Crippen LogP contribution in [0.15, 0.2) is 0 Å². The summed E-state index contributed by atoms with van der Waals surface area (Å²) in [6, 6.07) is 0. The first-order valence-electron chi connectivity index (χ1n) is 7.62. The van der Waals surface area contributed by atoms with E-state index < -0.39 is 0 Å². The van der Waals surface area contributed by atoms with Gasteiger partial charge in [0.15, 0.2) is 0 Å². The Hall–Kier alpha value is 0.400. The zero-order chi connectivity index (χ0) is 13.4. The van der Waals surface area contributed by atoms with Gasteiger partial charge in [0.1, 0.15) is 0 Å². The molecule has 0 bridgehead atoms. The third kappa shape index (κ3) is 7.75. The van der Waals surface area contributed by atoms with E-state index >= 15 is 0 Å². The highest BCUT2D eigenvalue weighted by molar-refractivity contribution is 4.44. The molecule has 0 aliphatic carbocycles. The van der Waals surface area contributed by atoms with Gasteiger partial charge < -0.3 is 25.9 Å². The molecule has 0 aromatic heterocycles. The summed E-state index contributed by atoms with van der Waals surface area (Å²) < 4.78 is 2.49. The average Bonchev–Trinajstić information content (AvgIpc) is 2.37. The Balaban J connectivity index is 0. The summed E-state index contributed by atoms with van der Waals surface area (Å²) in [4.78, 5) is 0. The summed E-state index contributed by atoms with van der Waals surface area (Å²) >= 11 is 0. The largest absolute Gasteiger partial charge is 1.00 e. The summed E-state index contributed by atoms with van der Waals surface area (Å²) in [5.41, 5.74) is 0. The quantitative estimate of drug-likeness (QED) is 0.396. The van der Waals surface area contributed by atoms with Crippen molar-refractivity contribution in [3.63, 3.8) is 0 Å². The van der Waals surface area contributed by atoms with Crippen LogP contribution in [0.25, 0.3) is 0 Å². The number of unbranched alkanes of at least 4 members (excludes halogenated alkanes) is 2. The van der Waals surface area contributed by atoms with Crippen LogP contribution in [0.5, 0.6) is 0 Å². The molecule has 0 aliphatic heterocycles. The van der Waals surface area contributed by atoms with Gasteiger partial charge in [-0.15, -0.1) is 0 Å². The fraction of sp³-hybridized carbons (Fsp3) is 1.00. The Bertz CT molecular complexity index is 167. The van der Waals surface area contributed by atoms with Crippen LogP contribution in [-0.2, 0) is 0 Å². The van der Waals surface area contributed by atoms with Gasteiger partial charge in [-0.25, -0.2) is 0 Å². The Morgan fingerprint density at radius 3 is 1.06 bits per heavy atom. The number of rotatable bonds is 10. The molecule has 0 spiro atoms. The molecule has 0 radical (unpaired) electrons. The van der Waals surface area contributed by atoms with Gasteiger partial charge in [0.25, 0.3) is 0 Å². The van der Waals surface area contributed by atoms with Crippen molar-refractivity contribution < 1.29 is 25.9 Å². The van der Waals surface area contributed by atoms with E-state index in [1.54, 1.807) is 0 Å². The lowest BCUT2D eigenvalue weighted by molar-refractivity contribution is -0.908. The lowest BCUT2D eigenvalue weighted by Crippen LogP contribution is -3.00. The van der Waals surface area contributed by atoms with E-state index in [1.165, 1.54) is 67.5 Å². The maximum atomic E-state index is 2.39. The molecule has 0 N–H and O–H groups in total. The minimum atomic E-state index is 0. The van der Waals surface area contributed by atoms with E-state index in [0.29, 0.717) is 0 Å². The third-order valence-corrected chi connectivity index (χ3v) is 4.95. The van der Waals surface area contributed by atoms with Crippen molar-refractivity contribution in [2.24, 2.45) is 0 Å². The van der Waals surface area contributed by atoms with Gasteiger partial charge in [0, 0.05) is 0 Å². The molecular weight excluding hydrogens is 288 g/mol. The first-order valence-corrected chi connectivity index (χ1v) is 7.62. The van der Waals surface area contributed by atoms with Crippen molar-refractivity contribution in [1.82, 2.24) is 0 Å². The lowest BCUT2D eigenvalue weighted by Gasteiger charge is -2.33. The van der Waals surface area contributed by atoms with Crippen LogP contribution in [-0.4, -0.2) is 62.3 Å². The number of nitrogens with zero attached hydrogens (tertiary/aromatic N) is 2. The molecule has 0 rings (SSSR count). The smallest absolute Gasteiger partial charge is 0.0784 e. The second-order valence-electron chi connectivity index (χ2n) is 6.01. The van der Waals surface area contributed by atoms with E-state index in [-0.39, 0.29) is 17.0 Å². The van der Waals surface area contributed by atoms with E-state index in [4.69, 9.17) is 0 Å². The molecule has 2 nitrogen and oxygen atoms in total. The van der Waals surface area contributed by atoms with Gasteiger partial charge in [-0.2, -0.15) is 0 Å². The van der Waals surface area contributed by atoms with E-state index in [2.05, 4.69) is 41.8 Å². The summed E-state index contributed by atoms with van der Waals surface area (Å²) in [5.74, 6) is 0. The summed E-state index contributed by atoms with van der Waals surface area (Å²) in [6.07, 6.45) is 4.19. The molecule has 0 saturated heterocycles. The predicted octanol–water partition coefficient (Wildman–Crippen LogP) is 0.134. The van der Waals surface area contributed by atoms with Crippen molar-refractivity contribution >= 4 is 0 Å². The topological polar surface area (TPSA) is 0 Å². The molecule has 3 heteroatoms. The highest BCUT2D eigenvalue weighted by Crippen LogP contribution is 2.09. The highest BCUT2D eigenvalue weighted by atomic mass is 79.9. The van der Waals surface area contributed by atoms with Gasteiger partial charge in [0.2, 0.25) is 0 Å². The van der Waals surface area contributed by atoms with Gasteiger partial charge >= 0.3 is 0 Å². The second-order valence-corrected chi connectivity index (χ2v) is 6.01. The van der Waals surface area contributed by atoms with Crippen LogP contribution in [0.1, 0.15) is 47.0 Å². The predicted molar refractivity (Wildman–Crippen MR) is 78.1 cm³/mol. The fourth-order valence-electron chi connectivity index (χ4n) is 2.24. The molecule has 0 aliphatic rings. The average molecular weight is 324 g/mol. The highest BCUT2D eigenvalue weighted by Gasteiger charge is 2.17. The van der Waals surface area contributed by atoms with Crippen molar-refractivity contribution in [3.05, 3.63) is 0 Å². The van der Waals surface area contributed by atoms with Crippen LogP contribution in [0, 0.1) is 0 Å². The Morgan fingerprint density at radius 2 is 0.833 bits per heavy atom. The van der Waals surface area contributed by atoms with Crippen LogP contribution in [0.4, 0.5) is 0 Å². The Labute approximate surface area is 126 Å². The summed E-state index contributed by atoms with van der Waals surface area (Å²) in [6.45, 7) is 17.0. The lowest BCUT2D eigenvalue weighted by atomic mass is 10.2. The summed E-state index contributed by atoms with van der Waals surface area (Å²) in [7, 11) is 4.77. The van der Waals surface area contributed by atoms with E-state index in [0.717, 1.165) is 0 Å². The standard InChI is InChI=1S/C15H36N2.BrH/c1-7-16(5,8-2)14-12-11-13-15-17(6,9-3)10-4;/h7-15H2,1-6H3;1H/q+2;/p-1. The molecule has 0 saturated carbocycles. The van der Waals surface area contributed by atoms with Crippen molar-refractivity contribution in [2.75, 3.05) is 53.4 Å². The Kier molecular flexibility index (Phi) is 11.8. The van der Waals surface area contributed by atoms with E-state index in [9.17, 15) is 0 Å². The van der Waals surface area contributed by atoms with Crippen molar-refractivity contribution in [1.29, 1.82) is 0 Å². The van der Waals surface area contributed by atoms with Crippen molar-refractivity contribution in [3.8, 4) is 0 Å². The maximum absolute atomic E-state index is 2.39. The van der Waals surface area contributed by atoms with Gasteiger partial charge in [-0.3, -0.25) is 0 Å². The monoisotopic (exact) mass is 323 g/mol. The van der Waals surface area contributed by atoms with Crippen LogP contribution < -0.4 is 17.0 Å². The van der Waals surface area contributed by atoms with Gasteiger partial charge in [-0.05, 0) is 47.0 Å². The second kappa shape index (κ2) is 10.2. The molecule has 18 heavy (non-hydrogen) atoms. The maximum Gasteiger partial charge on any atom is 0.0784 e. The first-order chi connectivity index (χ1) is 7.95. The minimum absolute atomic E-state index is 0. The SMILES string of the molecule is CC[N+](C)(CC)CCCCC[N+](C)(CC)CC.[Br-]. The van der Waals surface area contributed by atoms with Crippen LogP contribution in [0.3, 0.4) is 0 Å². The van der Waals surface area contributed by atoms with Gasteiger partial charge in [0.05, 0.1) is 53.4 Å². The normalized spacial score (nSPS) is 12.3. The third-order valence-electron chi connectivity index (χ3n) is 4.95. The number of quaternary nitrogens is 2. The van der Waals surface area contributed by atoms with Crippen LogP contribution >= 0.6 is 0 Å². The molecular formula is C15H36BrN2+. The molecule has 0 aromatic carbocycles. The number of hydrogen-bond donors (Lipinski definition) is 0. The number of halogens is 1. The Morgan fingerprint density at radius 1 is 0.556 bits per heavy atom. The van der Waals surface area contributed by atoms with Gasteiger partial charge in [-0.1, -0.05) is 0 Å². The van der Waals surface area contributed by atoms with Crippen molar-refractivity contribution in [2.45, 2.75) is 47.0 Å². The molecule has 0 fully saturated rings. The molecule has 0 amide bonds. The summed E-state index contributed by atoms with van der Waals surface area (Å²) in [5, 5.41) is 0. The first kappa shape index (κ1) is 20.7. The molecule has 0 heterocycles. The molecule has 0 aromatic rings. The zero-order valence-electron chi connectivity index (χ0n) is 13.6. The fourth-order valence-corrected chi connectivity index (χ4v) is 2.24.